The number of carbonyl (C=O) groups is 1. The Hall–Kier alpha value is -3.23. The van der Waals surface area contributed by atoms with Crippen molar-refractivity contribution in [1.29, 1.82) is 0 Å². The van der Waals surface area contributed by atoms with Crippen molar-refractivity contribution >= 4 is 49.5 Å². The predicted molar refractivity (Wildman–Crippen MR) is 111 cm³/mol. The Bertz CT molecular complexity index is 1250. The molecule has 0 saturated carbocycles. The van der Waals surface area contributed by atoms with E-state index in [1.165, 1.54) is 12.1 Å². The van der Waals surface area contributed by atoms with Gasteiger partial charge in [-0.15, -0.1) is 11.3 Å². The van der Waals surface area contributed by atoms with Gasteiger partial charge < -0.3 is 5.32 Å². The van der Waals surface area contributed by atoms with Crippen LogP contribution in [0.3, 0.4) is 0 Å². The molecule has 1 amide bonds. The minimum absolute atomic E-state index is 0.214. The van der Waals surface area contributed by atoms with Crippen LogP contribution in [0.2, 0.25) is 0 Å². The molecule has 2 aromatic heterocycles. The van der Waals surface area contributed by atoms with Gasteiger partial charge in [0.2, 0.25) is 0 Å². The topological polar surface area (TPSA) is 88.2 Å². The monoisotopic (exact) mass is 409 g/mol. The molecule has 0 atom stereocenters. The highest BCUT2D eigenvalue weighted by molar-refractivity contribution is 7.94. The van der Waals surface area contributed by atoms with Gasteiger partial charge in [-0.05, 0) is 53.9 Å². The van der Waals surface area contributed by atoms with Gasteiger partial charge in [0.05, 0.1) is 11.2 Å². The summed E-state index contributed by atoms with van der Waals surface area (Å²) in [6.45, 7) is 0. The summed E-state index contributed by atoms with van der Waals surface area (Å²) in [4.78, 5) is 17.0. The third-order valence-corrected chi connectivity index (χ3v) is 6.81. The Kier molecular flexibility index (Phi) is 4.81. The van der Waals surface area contributed by atoms with E-state index in [1.54, 1.807) is 48.0 Å². The van der Waals surface area contributed by atoms with E-state index in [0.29, 0.717) is 16.9 Å². The number of benzene rings is 2. The zero-order valence-electron chi connectivity index (χ0n) is 14.5. The lowest BCUT2D eigenvalue weighted by Gasteiger charge is -2.10. The summed E-state index contributed by atoms with van der Waals surface area (Å²) < 4.78 is 27.5. The number of thiophene rings is 1. The van der Waals surface area contributed by atoms with Crippen molar-refractivity contribution in [2.75, 3.05) is 10.0 Å². The number of fused-ring (bicyclic) bond motifs is 1. The second-order valence-electron chi connectivity index (χ2n) is 5.95. The first-order valence-corrected chi connectivity index (χ1v) is 10.7. The summed E-state index contributed by atoms with van der Waals surface area (Å²) in [6, 6.07) is 18.7. The Morgan fingerprint density at radius 3 is 2.64 bits per heavy atom. The molecule has 6 nitrogen and oxygen atoms in total. The number of hydrogen-bond acceptors (Lipinski definition) is 5. The van der Waals surface area contributed by atoms with Crippen molar-refractivity contribution in [1.82, 2.24) is 4.98 Å². The average molecular weight is 409 g/mol. The van der Waals surface area contributed by atoms with Crippen LogP contribution in [0.25, 0.3) is 10.9 Å². The van der Waals surface area contributed by atoms with E-state index >= 15 is 0 Å². The van der Waals surface area contributed by atoms with E-state index in [2.05, 4.69) is 15.0 Å². The van der Waals surface area contributed by atoms with E-state index in [0.717, 1.165) is 22.2 Å². The molecule has 0 aliphatic carbocycles. The normalized spacial score (nSPS) is 11.3. The molecule has 2 heterocycles. The van der Waals surface area contributed by atoms with Gasteiger partial charge in [0.25, 0.3) is 15.9 Å². The van der Waals surface area contributed by atoms with Gasteiger partial charge in [-0.1, -0.05) is 18.2 Å². The summed E-state index contributed by atoms with van der Waals surface area (Å²) in [5.41, 5.74) is 2.07. The molecule has 2 aromatic carbocycles. The number of carbonyl (C=O) groups excluding carboxylic acids is 1. The lowest BCUT2D eigenvalue weighted by atomic mass is 10.1. The molecular formula is C20H15N3O3S2. The fourth-order valence-electron chi connectivity index (χ4n) is 2.75. The third kappa shape index (κ3) is 3.73. The molecule has 0 spiro atoms. The number of amides is 1. The molecule has 8 heteroatoms. The molecule has 4 aromatic rings. The van der Waals surface area contributed by atoms with Crippen LogP contribution in [0.5, 0.6) is 0 Å². The fourth-order valence-corrected chi connectivity index (χ4v) is 4.79. The Labute approximate surface area is 165 Å². The number of anilines is 2. The molecule has 140 valence electrons. The molecule has 0 radical (unpaired) electrons. The van der Waals surface area contributed by atoms with Crippen molar-refractivity contribution in [2.24, 2.45) is 0 Å². The van der Waals surface area contributed by atoms with Crippen molar-refractivity contribution in [3.63, 3.8) is 0 Å². The van der Waals surface area contributed by atoms with Crippen LogP contribution in [-0.2, 0) is 10.0 Å². The molecule has 0 saturated heterocycles. The van der Waals surface area contributed by atoms with Gasteiger partial charge in [-0.3, -0.25) is 14.5 Å². The van der Waals surface area contributed by atoms with E-state index in [-0.39, 0.29) is 10.1 Å². The maximum Gasteiger partial charge on any atom is 0.271 e. The van der Waals surface area contributed by atoms with E-state index < -0.39 is 10.0 Å². The van der Waals surface area contributed by atoms with E-state index in [1.807, 2.05) is 18.2 Å². The quantitative estimate of drug-likeness (QED) is 0.513. The Morgan fingerprint density at radius 1 is 0.964 bits per heavy atom. The Balaban J connectivity index is 1.58. The number of aromatic nitrogens is 1. The zero-order chi connectivity index (χ0) is 19.6. The van der Waals surface area contributed by atoms with Crippen LogP contribution in [0.1, 0.15) is 10.4 Å². The lowest BCUT2D eigenvalue weighted by molar-refractivity contribution is 0.102. The standard InChI is InChI=1S/C20H15N3O3S2/c24-20(22-18-9-2-8-17-16(18)7-3-11-21-17)14-5-1-6-15(13-14)23-28(25,26)19-10-4-12-27-19/h1-13,23H,(H,22,24). The van der Waals surface area contributed by atoms with Crippen LogP contribution in [-0.4, -0.2) is 19.3 Å². The average Bonchev–Trinajstić information content (AvgIpc) is 3.24. The number of sulfonamides is 1. The number of hydrogen-bond donors (Lipinski definition) is 2. The highest BCUT2D eigenvalue weighted by atomic mass is 32.2. The van der Waals surface area contributed by atoms with Crippen LogP contribution in [0, 0.1) is 0 Å². The highest BCUT2D eigenvalue weighted by Gasteiger charge is 2.16. The Morgan fingerprint density at radius 2 is 1.82 bits per heavy atom. The van der Waals surface area contributed by atoms with Crippen molar-refractivity contribution in [3.05, 3.63) is 83.9 Å². The van der Waals surface area contributed by atoms with Crippen LogP contribution in [0.4, 0.5) is 11.4 Å². The molecule has 0 bridgehead atoms. The second-order valence-corrected chi connectivity index (χ2v) is 8.81. The largest absolute Gasteiger partial charge is 0.321 e. The summed E-state index contributed by atoms with van der Waals surface area (Å²) in [6.07, 6.45) is 1.69. The minimum Gasteiger partial charge on any atom is -0.321 e. The highest BCUT2D eigenvalue weighted by Crippen LogP contribution is 2.24. The molecule has 0 unspecified atom stereocenters. The van der Waals surface area contributed by atoms with Crippen LogP contribution < -0.4 is 10.0 Å². The summed E-state index contributed by atoms with van der Waals surface area (Å²) in [7, 11) is -3.67. The minimum atomic E-state index is -3.67. The van der Waals surface area contributed by atoms with E-state index in [4.69, 9.17) is 0 Å². The molecule has 2 N–H and O–H groups in total. The van der Waals surface area contributed by atoms with Gasteiger partial charge in [0.15, 0.2) is 0 Å². The smallest absolute Gasteiger partial charge is 0.271 e. The van der Waals surface area contributed by atoms with Crippen molar-refractivity contribution in [2.45, 2.75) is 4.21 Å². The van der Waals surface area contributed by atoms with Gasteiger partial charge in [0, 0.05) is 22.8 Å². The maximum absolute atomic E-state index is 12.7. The molecule has 0 fully saturated rings. The number of nitrogens with zero attached hydrogens (tertiary/aromatic N) is 1. The molecule has 0 aliphatic rings. The van der Waals surface area contributed by atoms with Crippen molar-refractivity contribution in [3.8, 4) is 0 Å². The van der Waals surface area contributed by atoms with Gasteiger partial charge in [-0.2, -0.15) is 0 Å². The number of nitrogens with one attached hydrogen (secondary N) is 2. The zero-order valence-corrected chi connectivity index (χ0v) is 16.1. The third-order valence-electron chi connectivity index (χ3n) is 4.03. The summed E-state index contributed by atoms with van der Waals surface area (Å²) >= 11 is 1.13. The predicted octanol–water partition coefficient (Wildman–Crippen LogP) is 4.35. The molecule has 0 aliphatic heterocycles. The van der Waals surface area contributed by atoms with Gasteiger partial charge in [0.1, 0.15) is 4.21 Å². The summed E-state index contributed by atoms with van der Waals surface area (Å²) in [5, 5.41) is 5.38. The van der Waals surface area contributed by atoms with Gasteiger partial charge in [-0.25, -0.2) is 8.42 Å². The van der Waals surface area contributed by atoms with E-state index in [9.17, 15) is 13.2 Å². The molecule has 4 rings (SSSR count). The summed E-state index contributed by atoms with van der Waals surface area (Å²) in [5.74, 6) is -0.339. The first kappa shape index (κ1) is 18.1. The molecular weight excluding hydrogens is 394 g/mol. The first-order chi connectivity index (χ1) is 13.5. The first-order valence-electron chi connectivity index (χ1n) is 8.34. The van der Waals surface area contributed by atoms with Crippen molar-refractivity contribution < 1.29 is 13.2 Å². The number of rotatable bonds is 5. The van der Waals surface area contributed by atoms with Crippen LogP contribution >= 0.6 is 11.3 Å². The maximum atomic E-state index is 12.7. The fraction of sp³-hybridized carbons (Fsp3) is 0. The van der Waals surface area contributed by atoms with Gasteiger partial charge >= 0.3 is 0 Å². The van der Waals surface area contributed by atoms with Crippen LogP contribution in [0.15, 0.2) is 82.5 Å². The second kappa shape index (κ2) is 7.41. The molecule has 28 heavy (non-hydrogen) atoms. The number of pyridine rings is 1. The lowest BCUT2D eigenvalue weighted by Crippen LogP contribution is -2.14. The SMILES string of the molecule is O=C(Nc1cccc2ncccc12)c1cccc(NS(=O)(=O)c2cccs2)c1.